The van der Waals surface area contributed by atoms with Gasteiger partial charge in [-0.25, -0.2) is 14.6 Å². The van der Waals surface area contributed by atoms with Gasteiger partial charge in [0.05, 0.1) is 15.7 Å². The summed E-state index contributed by atoms with van der Waals surface area (Å²) in [6, 6.07) is 4.72. The molecule has 3 aromatic rings. The Labute approximate surface area is 158 Å². The van der Waals surface area contributed by atoms with E-state index < -0.39 is 0 Å². The standard InChI is InChI=1S/C16H15Cl2N5OS/c1-16(2,3)12-14(23-8-19-7-20-23)25-15(21-12)22-13(24)9-4-5-10(17)11(18)6-9/h4-8H,1-3H3,(H,21,22,24). The molecule has 130 valence electrons. The quantitative estimate of drug-likeness (QED) is 0.703. The predicted octanol–water partition coefficient (Wildman–Crippen LogP) is 4.58. The second-order valence-corrected chi connectivity index (χ2v) is 8.14. The van der Waals surface area contributed by atoms with Crippen molar-refractivity contribution in [1.29, 1.82) is 0 Å². The highest BCUT2D eigenvalue weighted by Gasteiger charge is 2.25. The van der Waals surface area contributed by atoms with Crippen molar-refractivity contribution >= 4 is 45.6 Å². The summed E-state index contributed by atoms with van der Waals surface area (Å²) in [5.74, 6) is -0.307. The molecule has 6 nitrogen and oxygen atoms in total. The third kappa shape index (κ3) is 3.84. The molecule has 0 unspecified atom stereocenters. The van der Waals surface area contributed by atoms with Crippen molar-refractivity contribution in [2.75, 3.05) is 5.32 Å². The molecule has 0 aliphatic carbocycles. The highest BCUT2D eigenvalue weighted by Crippen LogP contribution is 2.34. The van der Waals surface area contributed by atoms with Crippen molar-refractivity contribution < 1.29 is 4.79 Å². The predicted molar refractivity (Wildman–Crippen MR) is 100 cm³/mol. The number of hydrogen-bond donors (Lipinski definition) is 1. The molecule has 1 N–H and O–H groups in total. The van der Waals surface area contributed by atoms with Crippen LogP contribution in [0.25, 0.3) is 5.00 Å². The maximum absolute atomic E-state index is 12.5. The van der Waals surface area contributed by atoms with Crippen LogP contribution >= 0.6 is 34.5 Å². The van der Waals surface area contributed by atoms with Gasteiger partial charge in [-0.3, -0.25) is 10.1 Å². The molecule has 3 rings (SSSR count). The molecular weight excluding hydrogens is 381 g/mol. The van der Waals surface area contributed by atoms with Crippen molar-refractivity contribution in [2.45, 2.75) is 26.2 Å². The smallest absolute Gasteiger partial charge is 0.257 e. The first kappa shape index (κ1) is 17.8. The number of hydrogen-bond acceptors (Lipinski definition) is 5. The summed E-state index contributed by atoms with van der Waals surface area (Å²) >= 11 is 13.2. The Kier molecular flexibility index (Phi) is 4.81. The Bertz CT molecular complexity index is 915. The van der Waals surface area contributed by atoms with E-state index in [9.17, 15) is 4.79 Å². The monoisotopic (exact) mass is 395 g/mol. The van der Waals surface area contributed by atoms with Gasteiger partial charge in [0.2, 0.25) is 0 Å². The van der Waals surface area contributed by atoms with Crippen LogP contribution in [-0.4, -0.2) is 25.7 Å². The Morgan fingerprint density at radius 1 is 1.24 bits per heavy atom. The molecule has 0 radical (unpaired) electrons. The number of halogens is 2. The Balaban J connectivity index is 1.93. The van der Waals surface area contributed by atoms with Crippen LogP contribution in [0.15, 0.2) is 30.9 Å². The average Bonchev–Trinajstić information content (AvgIpc) is 3.18. The normalized spacial score (nSPS) is 11.6. The molecule has 0 fully saturated rings. The van der Waals surface area contributed by atoms with Gasteiger partial charge < -0.3 is 0 Å². The minimum atomic E-state index is -0.307. The molecule has 0 bridgehead atoms. The van der Waals surface area contributed by atoms with E-state index in [2.05, 4.69) is 20.4 Å². The van der Waals surface area contributed by atoms with Gasteiger partial charge in [0.25, 0.3) is 5.91 Å². The molecule has 1 amide bonds. The van der Waals surface area contributed by atoms with Crippen LogP contribution < -0.4 is 5.32 Å². The molecule has 0 aliphatic heterocycles. The summed E-state index contributed by atoms with van der Waals surface area (Å²) in [5, 5.41) is 8.99. The van der Waals surface area contributed by atoms with Crippen LogP contribution in [0.3, 0.4) is 0 Å². The van der Waals surface area contributed by atoms with Gasteiger partial charge in [0.1, 0.15) is 17.7 Å². The van der Waals surface area contributed by atoms with E-state index in [0.29, 0.717) is 20.7 Å². The third-order valence-electron chi connectivity index (χ3n) is 3.35. The number of benzene rings is 1. The lowest BCUT2D eigenvalue weighted by Crippen LogP contribution is -2.16. The van der Waals surface area contributed by atoms with E-state index in [1.165, 1.54) is 23.7 Å². The lowest BCUT2D eigenvalue weighted by Gasteiger charge is -2.16. The number of anilines is 1. The molecule has 1 aromatic carbocycles. The maximum atomic E-state index is 12.5. The molecular formula is C16H15Cl2N5OS. The van der Waals surface area contributed by atoms with Gasteiger partial charge in [0.15, 0.2) is 5.13 Å². The highest BCUT2D eigenvalue weighted by atomic mass is 35.5. The van der Waals surface area contributed by atoms with Gasteiger partial charge in [0, 0.05) is 11.0 Å². The second-order valence-electron chi connectivity index (χ2n) is 6.35. The van der Waals surface area contributed by atoms with Crippen molar-refractivity contribution in [3.63, 3.8) is 0 Å². The maximum Gasteiger partial charge on any atom is 0.257 e. The second kappa shape index (κ2) is 6.74. The molecule has 0 saturated heterocycles. The van der Waals surface area contributed by atoms with E-state index >= 15 is 0 Å². The van der Waals surface area contributed by atoms with Crippen LogP contribution in [0, 0.1) is 0 Å². The zero-order valence-electron chi connectivity index (χ0n) is 13.7. The Morgan fingerprint density at radius 3 is 2.60 bits per heavy atom. The Hall–Kier alpha value is -1.96. The SMILES string of the molecule is CC(C)(C)c1nc(NC(=O)c2ccc(Cl)c(Cl)c2)sc1-n1cncn1. The van der Waals surface area contributed by atoms with E-state index in [4.69, 9.17) is 23.2 Å². The summed E-state index contributed by atoms with van der Waals surface area (Å²) in [6.45, 7) is 6.15. The first-order valence-electron chi connectivity index (χ1n) is 7.38. The molecule has 25 heavy (non-hydrogen) atoms. The van der Waals surface area contributed by atoms with Crippen LogP contribution in [-0.2, 0) is 5.41 Å². The van der Waals surface area contributed by atoms with Crippen LogP contribution in [0.1, 0.15) is 36.8 Å². The molecule has 2 heterocycles. The van der Waals surface area contributed by atoms with Gasteiger partial charge >= 0.3 is 0 Å². The summed E-state index contributed by atoms with van der Waals surface area (Å²) in [6.07, 6.45) is 3.06. The largest absolute Gasteiger partial charge is 0.298 e. The minimum absolute atomic E-state index is 0.218. The molecule has 0 spiro atoms. The summed E-state index contributed by atoms with van der Waals surface area (Å²) in [7, 11) is 0. The number of aromatic nitrogens is 4. The van der Waals surface area contributed by atoms with Crippen LogP contribution in [0.2, 0.25) is 10.0 Å². The highest BCUT2D eigenvalue weighted by molar-refractivity contribution is 7.18. The van der Waals surface area contributed by atoms with Crippen LogP contribution in [0.5, 0.6) is 0 Å². The van der Waals surface area contributed by atoms with Crippen LogP contribution in [0.4, 0.5) is 5.13 Å². The molecule has 0 atom stereocenters. The molecule has 2 aromatic heterocycles. The van der Waals surface area contributed by atoms with E-state index in [-0.39, 0.29) is 11.3 Å². The number of nitrogens with zero attached hydrogens (tertiary/aromatic N) is 4. The number of nitrogens with one attached hydrogen (secondary N) is 1. The van der Waals surface area contributed by atoms with Crippen molar-refractivity contribution in [2.24, 2.45) is 0 Å². The van der Waals surface area contributed by atoms with Gasteiger partial charge in [-0.05, 0) is 18.2 Å². The number of carbonyl (C=O) groups is 1. The zero-order valence-corrected chi connectivity index (χ0v) is 16.1. The lowest BCUT2D eigenvalue weighted by atomic mass is 9.92. The zero-order chi connectivity index (χ0) is 18.2. The fourth-order valence-corrected chi connectivity index (χ4v) is 3.53. The van der Waals surface area contributed by atoms with Crippen molar-refractivity contribution in [3.05, 3.63) is 52.2 Å². The fraction of sp³-hybridized carbons (Fsp3) is 0.250. The first-order valence-corrected chi connectivity index (χ1v) is 8.95. The fourth-order valence-electron chi connectivity index (χ4n) is 2.13. The van der Waals surface area contributed by atoms with Crippen molar-refractivity contribution in [3.8, 4) is 5.00 Å². The number of thiazole rings is 1. The number of rotatable bonds is 3. The molecule has 0 saturated carbocycles. The summed E-state index contributed by atoms with van der Waals surface area (Å²) in [4.78, 5) is 21.0. The van der Waals surface area contributed by atoms with E-state index in [1.807, 2.05) is 20.8 Å². The lowest BCUT2D eigenvalue weighted by molar-refractivity contribution is 0.102. The van der Waals surface area contributed by atoms with Gasteiger partial charge in [-0.15, -0.1) is 0 Å². The molecule has 9 heteroatoms. The van der Waals surface area contributed by atoms with E-state index in [0.717, 1.165) is 10.7 Å². The number of amides is 1. The van der Waals surface area contributed by atoms with Crippen molar-refractivity contribution in [1.82, 2.24) is 19.7 Å². The third-order valence-corrected chi connectivity index (χ3v) is 5.05. The van der Waals surface area contributed by atoms with Gasteiger partial charge in [-0.2, -0.15) is 5.10 Å². The molecule has 0 aliphatic rings. The van der Waals surface area contributed by atoms with Gasteiger partial charge in [-0.1, -0.05) is 55.3 Å². The average molecular weight is 396 g/mol. The first-order chi connectivity index (χ1) is 11.8. The minimum Gasteiger partial charge on any atom is -0.298 e. The number of carbonyl (C=O) groups excluding carboxylic acids is 1. The summed E-state index contributed by atoms with van der Waals surface area (Å²) < 4.78 is 1.65. The summed E-state index contributed by atoms with van der Waals surface area (Å²) in [5.41, 5.74) is 1.02. The Morgan fingerprint density at radius 2 is 2.00 bits per heavy atom. The topological polar surface area (TPSA) is 72.7 Å². The van der Waals surface area contributed by atoms with E-state index in [1.54, 1.807) is 23.1 Å².